The summed E-state index contributed by atoms with van der Waals surface area (Å²) in [5.41, 5.74) is 2.25. The summed E-state index contributed by atoms with van der Waals surface area (Å²) in [4.78, 5) is 32.3. The van der Waals surface area contributed by atoms with Gasteiger partial charge in [0.1, 0.15) is 0 Å². The van der Waals surface area contributed by atoms with Crippen LogP contribution in [0.2, 0.25) is 0 Å². The van der Waals surface area contributed by atoms with E-state index in [4.69, 9.17) is 0 Å². The highest BCUT2D eigenvalue weighted by atomic mass is 32.1. The Balaban J connectivity index is 1.58. The van der Waals surface area contributed by atoms with Crippen molar-refractivity contribution < 1.29 is 4.92 Å². The summed E-state index contributed by atoms with van der Waals surface area (Å²) < 4.78 is 1.69. The minimum absolute atomic E-state index is 0.0278. The summed E-state index contributed by atoms with van der Waals surface area (Å²) in [6, 6.07) is 9.74. The van der Waals surface area contributed by atoms with Crippen LogP contribution in [0.1, 0.15) is 5.56 Å². The first-order chi connectivity index (χ1) is 14.6. The van der Waals surface area contributed by atoms with Crippen molar-refractivity contribution in [1.29, 1.82) is 0 Å². The highest BCUT2D eigenvalue weighted by Crippen LogP contribution is 2.25. The van der Waals surface area contributed by atoms with Gasteiger partial charge < -0.3 is 0 Å². The number of non-ortho nitro benzene ring substituents is 1. The molecule has 1 N–H and O–H groups in total. The number of hydrogen-bond donors (Lipinski definition) is 1. The average molecular weight is 417 g/mol. The van der Waals surface area contributed by atoms with Crippen molar-refractivity contribution in [2.75, 3.05) is 0 Å². The number of hydrogen-bond acceptors (Lipinski definition) is 8. The Labute approximate surface area is 171 Å². The molecule has 0 amide bonds. The predicted molar refractivity (Wildman–Crippen MR) is 110 cm³/mol. The smallest absolute Gasteiger partial charge is 0.277 e. The number of pyridine rings is 1. The third-order valence-electron chi connectivity index (χ3n) is 4.42. The lowest BCUT2D eigenvalue weighted by Gasteiger charge is -1.99. The molecule has 0 aliphatic rings. The topological polar surface area (TPSA) is 132 Å². The van der Waals surface area contributed by atoms with Crippen molar-refractivity contribution in [1.82, 2.24) is 29.8 Å². The molecule has 0 bridgehead atoms. The molecule has 0 atom stereocenters. The van der Waals surface area contributed by atoms with Crippen LogP contribution < -0.4 is 10.1 Å². The monoisotopic (exact) mass is 417 g/mol. The van der Waals surface area contributed by atoms with Crippen molar-refractivity contribution >= 4 is 28.1 Å². The molecular weight excluding hydrogens is 406 g/mol. The molecular formula is C19H11N7O3S. The third kappa shape index (κ3) is 3.02. The van der Waals surface area contributed by atoms with Crippen molar-refractivity contribution in [3.63, 3.8) is 0 Å². The van der Waals surface area contributed by atoms with E-state index in [9.17, 15) is 14.9 Å². The van der Waals surface area contributed by atoms with Crippen molar-refractivity contribution in [3.8, 4) is 22.6 Å². The van der Waals surface area contributed by atoms with E-state index in [1.54, 1.807) is 48.9 Å². The Hall–Kier alpha value is -4.25. The van der Waals surface area contributed by atoms with Gasteiger partial charge in [0.05, 0.1) is 21.3 Å². The Morgan fingerprint density at radius 2 is 2.00 bits per heavy atom. The van der Waals surface area contributed by atoms with Gasteiger partial charge in [0, 0.05) is 41.2 Å². The standard InChI is InChI=1S/C19H11N7O3S/c27-18-15(30-19-22-17(24-25(18)19)11-4-6-20-7-5-11)9-13-10-21-23-16(13)12-2-1-3-14(8-12)26(28)29/h1-10H,(H,21,23)/b15-9-. The maximum absolute atomic E-state index is 12.8. The minimum Gasteiger partial charge on any atom is -0.277 e. The molecule has 30 heavy (non-hydrogen) atoms. The van der Waals surface area contributed by atoms with E-state index >= 15 is 0 Å². The highest BCUT2D eigenvalue weighted by molar-refractivity contribution is 7.15. The first kappa shape index (κ1) is 17.8. The van der Waals surface area contributed by atoms with Gasteiger partial charge >= 0.3 is 0 Å². The number of nitrogens with zero attached hydrogens (tertiary/aromatic N) is 6. The molecule has 4 aromatic heterocycles. The lowest BCUT2D eigenvalue weighted by molar-refractivity contribution is -0.384. The quantitative estimate of drug-likeness (QED) is 0.350. The fourth-order valence-corrected chi connectivity index (χ4v) is 3.91. The second-order valence-corrected chi connectivity index (χ2v) is 7.30. The summed E-state index contributed by atoms with van der Waals surface area (Å²) in [5.74, 6) is 0.452. The van der Waals surface area contributed by atoms with Crippen LogP contribution >= 0.6 is 11.3 Å². The summed E-state index contributed by atoms with van der Waals surface area (Å²) in [6.45, 7) is 0. The molecule has 0 saturated carbocycles. The van der Waals surface area contributed by atoms with E-state index < -0.39 is 4.92 Å². The number of aromatic nitrogens is 6. The van der Waals surface area contributed by atoms with Crippen LogP contribution in [0, 0.1) is 10.1 Å². The van der Waals surface area contributed by atoms with Gasteiger partial charge in [0.2, 0.25) is 4.96 Å². The number of benzene rings is 1. The maximum Gasteiger partial charge on any atom is 0.291 e. The van der Waals surface area contributed by atoms with Crippen molar-refractivity contribution in [3.05, 3.63) is 85.6 Å². The van der Waals surface area contributed by atoms with E-state index in [-0.39, 0.29) is 11.2 Å². The Morgan fingerprint density at radius 1 is 1.17 bits per heavy atom. The zero-order valence-electron chi connectivity index (χ0n) is 15.1. The molecule has 0 spiro atoms. The van der Waals surface area contributed by atoms with Crippen LogP contribution in [-0.4, -0.2) is 34.7 Å². The first-order valence-corrected chi connectivity index (χ1v) is 9.52. The van der Waals surface area contributed by atoms with E-state index in [1.165, 1.54) is 28.0 Å². The van der Waals surface area contributed by atoms with E-state index in [2.05, 4.69) is 25.3 Å². The molecule has 0 fully saturated rings. The maximum atomic E-state index is 12.8. The largest absolute Gasteiger partial charge is 0.291 e. The van der Waals surface area contributed by atoms with E-state index in [0.717, 1.165) is 5.56 Å². The van der Waals surface area contributed by atoms with E-state index in [1.807, 2.05) is 0 Å². The average Bonchev–Trinajstić information content (AvgIpc) is 3.46. The second-order valence-electron chi connectivity index (χ2n) is 6.29. The van der Waals surface area contributed by atoms with Crippen LogP contribution in [0.5, 0.6) is 0 Å². The number of nitro groups is 1. The number of nitro benzene ring substituents is 1. The van der Waals surface area contributed by atoms with Gasteiger partial charge in [-0.05, 0) is 18.2 Å². The van der Waals surface area contributed by atoms with Crippen LogP contribution in [0.4, 0.5) is 5.69 Å². The van der Waals surface area contributed by atoms with Gasteiger partial charge in [-0.1, -0.05) is 23.5 Å². The molecule has 0 aliphatic heterocycles. The molecule has 10 nitrogen and oxygen atoms in total. The fraction of sp³-hybridized carbons (Fsp3) is 0. The number of aromatic amines is 1. The number of rotatable bonds is 4. The lowest BCUT2D eigenvalue weighted by atomic mass is 10.1. The van der Waals surface area contributed by atoms with Crippen LogP contribution in [0.25, 0.3) is 33.7 Å². The predicted octanol–water partition coefficient (Wildman–Crippen LogP) is 2.06. The normalized spacial score (nSPS) is 11.9. The summed E-state index contributed by atoms with van der Waals surface area (Å²) in [6.07, 6.45) is 6.51. The summed E-state index contributed by atoms with van der Waals surface area (Å²) >= 11 is 1.21. The van der Waals surface area contributed by atoms with E-state index in [0.29, 0.717) is 32.1 Å². The molecule has 0 saturated heterocycles. The zero-order valence-corrected chi connectivity index (χ0v) is 15.9. The Morgan fingerprint density at radius 3 is 2.77 bits per heavy atom. The molecule has 0 unspecified atom stereocenters. The van der Waals surface area contributed by atoms with Crippen LogP contribution in [-0.2, 0) is 0 Å². The molecule has 5 rings (SSSR count). The fourth-order valence-electron chi connectivity index (χ4n) is 3.01. The molecule has 1 aromatic carbocycles. The number of fused-ring (bicyclic) bond motifs is 1. The van der Waals surface area contributed by atoms with Gasteiger partial charge in [0.25, 0.3) is 11.2 Å². The second kappa shape index (κ2) is 6.97. The third-order valence-corrected chi connectivity index (χ3v) is 5.38. The zero-order chi connectivity index (χ0) is 20.7. The van der Waals surface area contributed by atoms with Gasteiger partial charge in [-0.3, -0.25) is 25.0 Å². The molecule has 0 radical (unpaired) electrons. The van der Waals surface area contributed by atoms with Gasteiger partial charge in [-0.25, -0.2) is 0 Å². The Bertz CT molecular complexity index is 1500. The van der Waals surface area contributed by atoms with Gasteiger partial charge in [-0.2, -0.15) is 14.6 Å². The Kier molecular flexibility index (Phi) is 4.14. The first-order valence-electron chi connectivity index (χ1n) is 8.70. The molecule has 0 aliphatic carbocycles. The van der Waals surface area contributed by atoms with Crippen molar-refractivity contribution in [2.45, 2.75) is 0 Å². The molecule has 146 valence electrons. The number of nitrogens with one attached hydrogen (secondary N) is 1. The van der Waals surface area contributed by atoms with Crippen LogP contribution in [0.3, 0.4) is 0 Å². The minimum atomic E-state index is -0.459. The molecule has 4 heterocycles. The van der Waals surface area contributed by atoms with Gasteiger partial charge in [-0.15, -0.1) is 5.10 Å². The highest BCUT2D eigenvalue weighted by Gasteiger charge is 2.14. The number of thiazole rings is 1. The summed E-state index contributed by atoms with van der Waals surface area (Å²) in [7, 11) is 0. The van der Waals surface area contributed by atoms with Crippen LogP contribution in [0.15, 0.2) is 59.8 Å². The molecule has 11 heteroatoms. The van der Waals surface area contributed by atoms with Crippen molar-refractivity contribution in [2.24, 2.45) is 0 Å². The SMILES string of the molecule is O=c1/c(=C/c2cn[nH]c2-c2cccc([N+](=O)[O-])c2)sc2nc(-c3ccncc3)nn12. The lowest BCUT2D eigenvalue weighted by Crippen LogP contribution is -2.23. The number of H-pyrrole nitrogens is 1. The molecule has 5 aromatic rings. The summed E-state index contributed by atoms with van der Waals surface area (Å²) in [5, 5.41) is 22.2. The van der Waals surface area contributed by atoms with Gasteiger partial charge in [0.15, 0.2) is 5.82 Å².